The van der Waals surface area contributed by atoms with Gasteiger partial charge in [-0.3, -0.25) is 9.78 Å². The largest absolute Gasteiger partial charge is 0.405 e. The van der Waals surface area contributed by atoms with Crippen molar-refractivity contribution in [3.05, 3.63) is 44.9 Å². The molecular weight excluding hydrogens is 158 g/mol. The van der Waals surface area contributed by atoms with E-state index in [0.717, 1.165) is 0 Å². The summed E-state index contributed by atoms with van der Waals surface area (Å²) in [6.07, 6.45) is 4.78. The number of nitrogens with two attached hydrogens (primary N) is 1. The fraction of sp³-hybridized carbons (Fsp3) is 0.143. The molecule has 0 saturated carbocycles. The summed E-state index contributed by atoms with van der Waals surface area (Å²) in [6.45, 7) is 0. The maximum atomic E-state index is 11.0. The number of H-pyrrole nitrogens is 2. The van der Waals surface area contributed by atoms with Crippen LogP contribution in [0.1, 0.15) is 5.56 Å². The Hall–Kier alpha value is -1.78. The van der Waals surface area contributed by atoms with Crippen LogP contribution in [-0.4, -0.2) is 9.97 Å². The fourth-order valence-electron chi connectivity index (χ4n) is 0.784. The first-order chi connectivity index (χ1) is 5.74. The van der Waals surface area contributed by atoms with Crippen LogP contribution in [0.5, 0.6) is 0 Å². The molecule has 0 atom stereocenters. The number of aromatic nitrogens is 2. The van der Waals surface area contributed by atoms with E-state index in [4.69, 9.17) is 5.73 Å². The average Bonchev–Trinajstić information content (AvgIpc) is 2.03. The number of aromatic amines is 2. The zero-order valence-corrected chi connectivity index (χ0v) is 6.33. The van der Waals surface area contributed by atoms with Crippen molar-refractivity contribution < 1.29 is 0 Å². The summed E-state index contributed by atoms with van der Waals surface area (Å²) in [7, 11) is 0. The van der Waals surface area contributed by atoms with E-state index in [-0.39, 0.29) is 5.56 Å². The number of hydrogen-bond acceptors (Lipinski definition) is 3. The second-order valence-corrected chi connectivity index (χ2v) is 2.23. The first-order valence-electron chi connectivity index (χ1n) is 3.41. The van der Waals surface area contributed by atoms with Gasteiger partial charge in [-0.15, -0.1) is 0 Å². The topological polar surface area (TPSA) is 91.7 Å². The Morgan fingerprint density at radius 1 is 1.50 bits per heavy atom. The lowest BCUT2D eigenvalue weighted by Gasteiger charge is -1.91. The Morgan fingerprint density at radius 3 is 2.83 bits per heavy atom. The lowest BCUT2D eigenvalue weighted by Crippen LogP contribution is -2.24. The molecule has 0 aliphatic rings. The van der Waals surface area contributed by atoms with Crippen LogP contribution in [0.4, 0.5) is 0 Å². The Labute approximate surface area is 67.9 Å². The highest BCUT2D eigenvalue weighted by molar-refractivity contribution is 5.07. The molecule has 0 radical (unpaired) electrons. The van der Waals surface area contributed by atoms with Crippen LogP contribution in [0, 0.1) is 0 Å². The first-order valence-corrected chi connectivity index (χ1v) is 3.41. The van der Waals surface area contributed by atoms with Gasteiger partial charge in [0.25, 0.3) is 5.56 Å². The van der Waals surface area contributed by atoms with Gasteiger partial charge in [-0.2, -0.15) is 0 Å². The standard InChI is InChI=1S/C7H9N3O2/c8-3-1-2-5-4-9-7(12)10-6(5)11/h1,3-4H,2,8H2,(H2,9,10,11,12)/b3-1+. The Bertz CT molecular complexity index is 388. The third kappa shape index (κ3) is 1.85. The quantitative estimate of drug-likeness (QED) is 0.531. The molecule has 64 valence electrons. The lowest BCUT2D eigenvalue weighted by molar-refractivity contribution is 0.984. The first kappa shape index (κ1) is 8.32. The van der Waals surface area contributed by atoms with E-state index in [1.165, 1.54) is 12.4 Å². The van der Waals surface area contributed by atoms with Crippen molar-refractivity contribution in [1.29, 1.82) is 0 Å². The normalized spacial score (nSPS) is 10.7. The van der Waals surface area contributed by atoms with E-state index in [2.05, 4.69) is 9.97 Å². The van der Waals surface area contributed by atoms with Gasteiger partial charge < -0.3 is 10.7 Å². The molecule has 1 rings (SSSR count). The highest BCUT2D eigenvalue weighted by atomic mass is 16.2. The number of allylic oxidation sites excluding steroid dienone is 1. The maximum absolute atomic E-state index is 11.0. The molecule has 0 unspecified atom stereocenters. The van der Waals surface area contributed by atoms with Gasteiger partial charge in [0.2, 0.25) is 0 Å². The van der Waals surface area contributed by atoms with E-state index < -0.39 is 5.69 Å². The minimum absolute atomic E-state index is 0.378. The zero-order valence-electron chi connectivity index (χ0n) is 6.33. The summed E-state index contributed by atoms with van der Waals surface area (Å²) in [6, 6.07) is 0. The highest BCUT2D eigenvalue weighted by Gasteiger charge is 1.95. The molecule has 1 aromatic heterocycles. The van der Waals surface area contributed by atoms with Crippen molar-refractivity contribution >= 4 is 0 Å². The average molecular weight is 167 g/mol. The SMILES string of the molecule is N/C=C/Cc1c[nH]c(=O)[nH]c1=O. The molecule has 0 fully saturated rings. The monoisotopic (exact) mass is 167 g/mol. The summed E-state index contributed by atoms with van der Waals surface area (Å²) in [5.74, 6) is 0. The fourth-order valence-corrected chi connectivity index (χ4v) is 0.784. The molecule has 0 aliphatic heterocycles. The van der Waals surface area contributed by atoms with Crippen LogP contribution >= 0.6 is 0 Å². The maximum Gasteiger partial charge on any atom is 0.325 e. The van der Waals surface area contributed by atoms with Crippen LogP contribution in [-0.2, 0) is 6.42 Å². The molecule has 12 heavy (non-hydrogen) atoms. The zero-order chi connectivity index (χ0) is 8.97. The summed E-state index contributed by atoms with van der Waals surface area (Å²) in [5, 5.41) is 0. The molecule has 0 saturated heterocycles. The van der Waals surface area contributed by atoms with Gasteiger partial charge in [0.15, 0.2) is 0 Å². The third-order valence-corrected chi connectivity index (χ3v) is 1.37. The third-order valence-electron chi connectivity index (χ3n) is 1.37. The molecule has 0 bridgehead atoms. The number of hydrogen-bond donors (Lipinski definition) is 3. The van der Waals surface area contributed by atoms with Crippen molar-refractivity contribution in [2.45, 2.75) is 6.42 Å². The van der Waals surface area contributed by atoms with E-state index in [1.54, 1.807) is 6.08 Å². The molecule has 0 aromatic carbocycles. The summed E-state index contributed by atoms with van der Waals surface area (Å²) >= 11 is 0. The molecule has 5 nitrogen and oxygen atoms in total. The predicted octanol–water partition coefficient (Wildman–Crippen LogP) is -0.922. The molecule has 0 amide bonds. The summed E-state index contributed by atoms with van der Waals surface area (Å²) < 4.78 is 0. The van der Waals surface area contributed by atoms with Crippen molar-refractivity contribution in [2.75, 3.05) is 0 Å². The van der Waals surface area contributed by atoms with Crippen molar-refractivity contribution in [3.8, 4) is 0 Å². The van der Waals surface area contributed by atoms with Crippen LogP contribution in [0.25, 0.3) is 0 Å². The Kier molecular flexibility index (Phi) is 2.47. The Balaban J connectivity index is 3.02. The smallest absolute Gasteiger partial charge is 0.325 e. The second-order valence-electron chi connectivity index (χ2n) is 2.23. The van der Waals surface area contributed by atoms with Gasteiger partial charge in [-0.05, 0) is 12.6 Å². The van der Waals surface area contributed by atoms with Gasteiger partial charge in [0.05, 0.1) is 0 Å². The molecule has 4 N–H and O–H groups in total. The van der Waals surface area contributed by atoms with Gasteiger partial charge in [0, 0.05) is 11.8 Å². The summed E-state index contributed by atoms with van der Waals surface area (Å²) in [4.78, 5) is 26.0. The van der Waals surface area contributed by atoms with Crippen LogP contribution in [0.15, 0.2) is 28.1 Å². The van der Waals surface area contributed by atoms with Crippen molar-refractivity contribution in [2.24, 2.45) is 5.73 Å². The minimum atomic E-state index is -0.500. The van der Waals surface area contributed by atoms with Gasteiger partial charge >= 0.3 is 5.69 Å². The lowest BCUT2D eigenvalue weighted by atomic mass is 10.2. The van der Waals surface area contributed by atoms with Crippen molar-refractivity contribution in [1.82, 2.24) is 9.97 Å². The molecule has 1 heterocycles. The van der Waals surface area contributed by atoms with Crippen molar-refractivity contribution in [3.63, 3.8) is 0 Å². The number of rotatable bonds is 2. The van der Waals surface area contributed by atoms with Crippen LogP contribution < -0.4 is 17.0 Å². The Morgan fingerprint density at radius 2 is 2.25 bits per heavy atom. The van der Waals surface area contributed by atoms with Gasteiger partial charge in [0.1, 0.15) is 0 Å². The van der Waals surface area contributed by atoms with E-state index in [9.17, 15) is 9.59 Å². The van der Waals surface area contributed by atoms with Crippen LogP contribution in [0.2, 0.25) is 0 Å². The molecule has 0 spiro atoms. The molecule has 0 aliphatic carbocycles. The summed E-state index contributed by atoms with van der Waals surface area (Å²) in [5.41, 5.74) is 4.70. The predicted molar refractivity (Wildman–Crippen MR) is 44.7 cm³/mol. The second kappa shape index (κ2) is 3.56. The van der Waals surface area contributed by atoms with Gasteiger partial charge in [-0.1, -0.05) is 6.08 Å². The molecule has 1 aromatic rings. The van der Waals surface area contributed by atoms with E-state index in [0.29, 0.717) is 12.0 Å². The highest BCUT2D eigenvalue weighted by Crippen LogP contribution is 1.86. The van der Waals surface area contributed by atoms with E-state index in [1.807, 2.05) is 0 Å². The minimum Gasteiger partial charge on any atom is -0.405 e. The molecule has 5 heteroatoms. The number of nitrogens with one attached hydrogen (secondary N) is 2. The van der Waals surface area contributed by atoms with Gasteiger partial charge in [-0.25, -0.2) is 4.79 Å². The van der Waals surface area contributed by atoms with Crippen LogP contribution in [0.3, 0.4) is 0 Å². The van der Waals surface area contributed by atoms with E-state index >= 15 is 0 Å². The molecular formula is C7H9N3O2.